The number of aliphatic hydroxyl groups excluding tert-OH is 1. The van der Waals surface area contributed by atoms with E-state index in [9.17, 15) is 5.11 Å². The predicted octanol–water partition coefficient (Wildman–Crippen LogP) is 3.79. The number of pyridine rings is 1. The summed E-state index contributed by atoms with van der Waals surface area (Å²) in [4.78, 5) is 16.4. The SMILES string of the molecule is CC[C@H]1CN(c2ncc(C3=NCCN3)cc2Cl)CCN1C1CCN(C(O)c2ccc(Cl)cc2)CC1. The standard InChI is InChI=1S/C26H34Cl2N6O/c1-2-21-17-33(25-23(28)15-19(16-31-25)24-29-9-10-30-24)13-14-34(21)22-7-11-32(12-8-22)26(35)18-3-5-20(27)6-4-18/h3-6,15-16,21-22,26,35H,2,7-14,17H2,1H3,(H,29,30)/t21-,26?/m0/s1. The molecule has 2 atom stereocenters. The van der Waals surface area contributed by atoms with Gasteiger partial charge in [0.1, 0.15) is 17.9 Å². The number of likely N-dealkylation sites (tertiary alicyclic amines) is 1. The Morgan fingerprint density at radius 3 is 2.54 bits per heavy atom. The Bertz CT molecular complexity index is 1040. The summed E-state index contributed by atoms with van der Waals surface area (Å²) in [5.41, 5.74) is 1.86. The van der Waals surface area contributed by atoms with Crippen molar-refractivity contribution in [1.29, 1.82) is 0 Å². The second kappa shape index (κ2) is 11.0. The number of nitrogens with zero attached hydrogens (tertiary/aromatic N) is 5. The summed E-state index contributed by atoms with van der Waals surface area (Å²) in [5, 5.41) is 15.5. The van der Waals surface area contributed by atoms with Crippen molar-refractivity contribution in [2.75, 3.05) is 50.7 Å². The van der Waals surface area contributed by atoms with Gasteiger partial charge >= 0.3 is 0 Å². The number of piperazine rings is 1. The second-order valence-electron chi connectivity index (χ2n) is 9.62. The van der Waals surface area contributed by atoms with Crippen LogP contribution in [0.5, 0.6) is 0 Å². The number of nitrogens with one attached hydrogen (secondary N) is 1. The molecule has 2 aromatic rings. The first kappa shape index (κ1) is 24.8. The zero-order valence-corrected chi connectivity index (χ0v) is 21.7. The molecular weight excluding hydrogens is 483 g/mol. The molecule has 3 aliphatic rings. The molecular formula is C26H34Cl2N6O. The number of piperidine rings is 1. The first-order valence-corrected chi connectivity index (χ1v) is 13.4. The van der Waals surface area contributed by atoms with E-state index < -0.39 is 6.23 Å². The van der Waals surface area contributed by atoms with E-state index in [0.29, 0.717) is 22.1 Å². The van der Waals surface area contributed by atoms with Crippen molar-refractivity contribution in [3.8, 4) is 0 Å². The molecule has 5 rings (SSSR count). The number of anilines is 1. The third-order valence-corrected chi connectivity index (χ3v) is 8.08. The molecule has 0 bridgehead atoms. The van der Waals surface area contributed by atoms with E-state index in [1.165, 1.54) is 0 Å². The summed E-state index contributed by atoms with van der Waals surface area (Å²) in [6, 6.07) is 10.5. The number of aliphatic hydroxyl groups is 1. The second-order valence-corrected chi connectivity index (χ2v) is 10.5. The van der Waals surface area contributed by atoms with Crippen LogP contribution >= 0.6 is 23.2 Å². The van der Waals surface area contributed by atoms with Gasteiger partial charge in [-0.05, 0) is 43.0 Å². The molecule has 1 aromatic heterocycles. The van der Waals surface area contributed by atoms with Crippen LogP contribution < -0.4 is 10.2 Å². The summed E-state index contributed by atoms with van der Waals surface area (Å²) in [6.07, 6.45) is 4.51. The number of halogens is 2. The van der Waals surface area contributed by atoms with Gasteiger partial charge in [0.25, 0.3) is 0 Å². The Hall–Kier alpha value is -1.90. The fourth-order valence-electron chi connectivity index (χ4n) is 5.60. The highest BCUT2D eigenvalue weighted by atomic mass is 35.5. The van der Waals surface area contributed by atoms with E-state index in [0.717, 1.165) is 87.9 Å². The quantitative estimate of drug-likeness (QED) is 0.608. The lowest BCUT2D eigenvalue weighted by Crippen LogP contribution is -2.58. The van der Waals surface area contributed by atoms with Crippen LogP contribution in [0.1, 0.15) is 43.5 Å². The average molecular weight is 518 g/mol. The van der Waals surface area contributed by atoms with Crippen LogP contribution in [0.3, 0.4) is 0 Å². The molecule has 2 fully saturated rings. The molecule has 1 aromatic carbocycles. The fraction of sp³-hybridized carbons (Fsp3) is 0.538. The lowest BCUT2D eigenvalue weighted by molar-refractivity contribution is -0.0328. The maximum absolute atomic E-state index is 10.8. The van der Waals surface area contributed by atoms with Gasteiger partial charge in [-0.1, -0.05) is 42.3 Å². The van der Waals surface area contributed by atoms with Gasteiger partial charge in [-0.25, -0.2) is 4.98 Å². The predicted molar refractivity (Wildman–Crippen MR) is 143 cm³/mol. The van der Waals surface area contributed by atoms with Gasteiger partial charge in [-0.3, -0.25) is 14.8 Å². The Kier molecular flexibility index (Phi) is 7.80. The van der Waals surface area contributed by atoms with Gasteiger partial charge in [-0.15, -0.1) is 0 Å². The first-order valence-electron chi connectivity index (χ1n) is 12.7. The summed E-state index contributed by atoms with van der Waals surface area (Å²) in [7, 11) is 0. The van der Waals surface area contributed by atoms with Crippen LogP contribution in [-0.4, -0.2) is 83.6 Å². The van der Waals surface area contributed by atoms with E-state index in [4.69, 9.17) is 28.2 Å². The first-order chi connectivity index (χ1) is 17.0. The molecule has 1 unspecified atom stereocenters. The number of benzene rings is 1. The minimum absolute atomic E-state index is 0.458. The number of hydrogen-bond donors (Lipinski definition) is 2. The van der Waals surface area contributed by atoms with Crippen molar-refractivity contribution in [1.82, 2.24) is 20.1 Å². The van der Waals surface area contributed by atoms with Crippen LogP contribution in [0.4, 0.5) is 5.82 Å². The van der Waals surface area contributed by atoms with E-state index >= 15 is 0 Å². The topological polar surface area (TPSA) is 67.2 Å². The highest BCUT2D eigenvalue weighted by molar-refractivity contribution is 6.33. The molecule has 9 heteroatoms. The number of amidine groups is 1. The normalized spacial score (nSPS) is 23.3. The third-order valence-electron chi connectivity index (χ3n) is 7.55. The molecule has 0 saturated carbocycles. The molecule has 3 aliphatic heterocycles. The molecule has 188 valence electrons. The van der Waals surface area contributed by atoms with Gasteiger partial charge in [0.05, 0.1) is 11.6 Å². The van der Waals surface area contributed by atoms with Crippen molar-refractivity contribution >= 4 is 34.9 Å². The highest BCUT2D eigenvalue weighted by Crippen LogP contribution is 2.31. The van der Waals surface area contributed by atoms with Gasteiger partial charge in [0.2, 0.25) is 0 Å². The Morgan fingerprint density at radius 1 is 1.11 bits per heavy atom. The number of rotatable bonds is 6. The molecule has 0 radical (unpaired) electrons. The molecule has 2 saturated heterocycles. The van der Waals surface area contributed by atoms with Gasteiger partial charge in [0, 0.05) is 68.1 Å². The summed E-state index contributed by atoms with van der Waals surface area (Å²) >= 11 is 12.7. The molecule has 35 heavy (non-hydrogen) atoms. The maximum Gasteiger partial charge on any atom is 0.147 e. The number of hydrogen-bond acceptors (Lipinski definition) is 7. The van der Waals surface area contributed by atoms with Crippen molar-refractivity contribution in [3.63, 3.8) is 0 Å². The van der Waals surface area contributed by atoms with Crippen LogP contribution in [0.2, 0.25) is 10.0 Å². The van der Waals surface area contributed by atoms with Gasteiger partial charge in [-0.2, -0.15) is 0 Å². The Balaban J connectivity index is 1.19. The minimum Gasteiger partial charge on any atom is -0.374 e. The molecule has 2 N–H and O–H groups in total. The minimum atomic E-state index is -0.575. The lowest BCUT2D eigenvalue weighted by Gasteiger charge is -2.48. The van der Waals surface area contributed by atoms with Crippen molar-refractivity contribution in [3.05, 3.63) is 57.7 Å². The molecule has 0 aliphatic carbocycles. The zero-order chi connectivity index (χ0) is 24.4. The highest BCUT2D eigenvalue weighted by Gasteiger charge is 2.35. The number of aliphatic imine (C=N–C) groups is 1. The van der Waals surface area contributed by atoms with Crippen LogP contribution in [-0.2, 0) is 0 Å². The van der Waals surface area contributed by atoms with E-state index in [1.54, 1.807) is 0 Å². The summed E-state index contributed by atoms with van der Waals surface area (Å²) in [6.45, 7) is 8.54. The van der Waals surface area contributed by atoms with E-state index in [1.807, 2.05) is 36.5 Å². The van der Waals surface area contributed by atoms with Gasteiger partial charge < -0.3 is 15.3 Å². The van der Waals surface area contributed by atoms with Crippen LogP contribution in [0, 0.1) is 0 Å². The zero-order valence-electron chi connectivity index (χ0n) is 20.2. The third kappa shape index (κ3) is 5.44. The lowest BCUT2D eigenvalue weighted by atomic mass is 9.97. The Morgan fingerprint density at radius 2 is 1.89 bits per heavy atom. The smallest absolute Gasteiger partial charge is 0.147 e. The average Bonchev–Trinajstić information content (AvgIpc) is 3.44. The Labute approximate surface area is 217 Å². The summed E-state index contributed by atoms with van der Waals surface area (Å²) < 4.78 is 0. The molecule has 4 heterocycles. The van der Waals surface area contributed by atoms with Crippen molar-refractivity contribution < 1.29 is 5.11 Å². The molecule has 0 spiro atoms. The van der Waals surface area contributed by atoms with E-state index in [2.05, 4.69) is 31.9 Å². The molecule has 0 amide bonds. The molecule has 7 nitrogen and oxygen atoms in total. The monoisotopic (exact) mass is 516 g/mol. The largest absolute Gasteiger partial charge is 0.374 e. The number of aromatic nitrogens is 1. The van der Waals surface area contributed by atoms with Crippen LogP contribution in [0.15, 0.2) is 41.5 Å². The van der Waals surface area contributed by atoms with Crippen LogP contribution in [0.25, 0.3) is 0 Å². The fourth-order valence-corrected chi connectivity index (χ4v) is 6.01. The van der Waals surface area contributed by atoms with Crippen molar-refractivity contribution in [2.24, 2.45) is 4.99 Å². The summed E-state index contributed by atoms with van der Waals surface area (Å²) in [5.74, 6) is 1.75. The van der Waals surface area contributed by atoms with Crippen molar-refractivity contribution in [2.45, 2.75) is 44.5 Å². The van der Waals surface area contributed by atoms with E-state index in [-0.39, 0.29) is 0 Å². The van der Waals surface area contributed by atoms with Gasteiger partial charge in [0.15, 0.2) is 0 Å². The maximum atomic E-state index is 10.8.